The van der Waals surface area contributed by atoms with Gasteiger partial charge in [-0.15, -0.1) is 0 Å². The van der Waals surface area contributed by atoms with Gasteiger partial charge in [-0.3, -0.25) is 0 Å². The van der Waals surface area contributed by atoms with E-state index in [0.29, 0.717) is 0 Å². The van der Waals surface area contributed by atoms with Crippen molar-refractivity contribution in [3.63, 3.8) is 0 Å². The van der Waals surface area contributed by atoms with E-state index in [1.807, 2.05) is 42.5 Å². The molecule has 2 aromatic carbocycles. The fraction of sp³-hybridized carbons (Fsp3) is 0.278. The number of piperazine rings is 1. The zero-order valence-electron chi connectivity index (χ0n) is 13.1. The van der Waals surface area contributed by atoms with Crippen molar-refractivity contribution in [3.05, 3.63) is 59.1 Å². The predicted molar refractivity (Wildman–Crippen MR) is 103 cm³/mol. The maximum absolute atomic E-state index is 6.14. The topological polar surface area (TPSA) is 18.5 Å². The first-order valence-electron chi connectivity index (χ1n) is 7.75. The molecule has 120 valence electrons. The fourth-order valence-electron chi connectivity index (χ4n) is 2.80. The summed E-state index contributed by atoms with van der Waals surface area (Å²) >= 11 is 11.7. The first kappa shape index (κ1) is 16.1. The molecule has 1 aliphatic heterocycles. The van der Waals surface area contributed by atoms with E-state index in [4.69, 9.17) is 23.8 Å². The number of aryl methyl sites for hydroxylation is 1. The maximum atomic E-state index is 6.14. The van der Waals surface area contributed by atoms with Crippen molar-refractivity contribution >= 4 is 40.3 Å². The Morgan fingerprint density at radius 2 is 1.74 bits per heavy atom. The molecule has 0 aromatic heterocycles. The molecule has 0 amide bonds. The Kier molecular flexibility index (Phi) is 5.03. The van der Waals surface area contributed by atoms with Crippen LogP contribution in [-0.2, 0) is 0 Å². The molecule has 1 N–H and O–H groups in total. The van der Waals surface area contributed by atoms with Crippen LogP contribution in [0.15, 0.2) is 48.5 Å². The highest BCUT2D eigenvalue weighted by Crippen LogP contribution is 2.25. The maximum Gasteiger partial charge on any atom is 0.173 e. The van der Waals surface area contributed by atoms with Gasteiger partial charge in [-0.25, -0.2) is 0 Å². The first-order chi connectivity index (χ1) is 11.1. The molecular weight excluding hydrogens is 326 g/mol. The van der Waals surface area contributed by atoms with Crippen molar-refractivity contribution in [2.45, 2.75) is 6.92 Å². The van der Waals surface area contributed by atoms with Crippen LogP contribution in [0.2, 0.25) is 5.02 Å². The Bertz CT molecular complexity index is 682. The number of thiocarbonyl (C=S) groups is 1. The van der Waals surface area contributed by atoms with Gasteiger partial charge in [-0.2, -0.15) is 0 Å². The fourth-order valence-corrected chi connectivity index (χ4v) is 3.26. The minimum atomic E-state index is 0.786. The summed E-state index contributed by atoms with van der Waals surface area (Å²) in [7, 11) is 0. The number of rotatable bonds is 2. The SMILES string of the molecule is Cc1ccc(Cl)cc1N1CCN(C(=S)Nc2ccccc2)CC1. The van der Waals surface area contributed by atoms with Crippen molar-refractivity contribution in [2.24, 2.45) is 0 Å². The minimum Gasteiger partial charge on any atom is -0.368 e. The van der Waals surface area contributed by atoms with Gasteiger partial charge in [-0.1, -0.05) is 35.9 Å². The molecule has 1 saturated heterocycles. The molecular formula is C18H20ClN3S. The minimum absolute atomic E-state index is 0.786. The molecule has 5 heteroatoms. The molecule has 1 fully saturated rings. The zero-order chi connectivity index (χ0) is 16.2. The largest absolute Gasteiger partial charge is 0.368 e. The Balaban J connectivity index is 1.60. The van der Waals surface area contributed by atoms with E-state index >= 15 is 0 Å². The van der Waals surface area contributed by atoms with Gasteiger partial charge in [0.15, 0.2) is 5.11 Å². The molecule has 0 spiro atoms. The molecule has 0 atom stereocenters. The normalized spacial score (nSPS) is 14.7. The average Bonchev–Trinajstić information content (AvgIpc) is 2.58. The van der Waals surface area contributed by atoms with E-state index in [0.717, 1.165) is 42.0 Å². The van der Waals surface area contributed by atoms with Crippen molar-refractivity contribution in [1.29, 1.82) is 0 Å². The molecule has 23 heavy (non-hydrogen) atoms. The van der Waals surface area contributed by atoms with Crippen LogP contribution in [0.4, 0.5) is 11.4 Å². The number of benzene rings is 2. The number of para-hydroxylation sites is 1. The molecule has 1 heterocycles. The highest BCUT2D eigenvalue weighted by molar-refractivity contribution is 7.80. The van der Waals surface area contributed by atoms with Gasteiger partial charge in [0.2, 0.25) is 0 Å². The van der Waals surface area contributed by atoms with E-state index in [1.165, 1.54) is 11.3 Å². The summed E-state index contributed by atoms with van der Waals surface area (Å²) < 4.78 is 0. The van der Waals surface area contributed by atoms with E-state index in [-0.39, 0.29) is 0 Å². The summed E-state index contributed by atoms with van der Waals surface area (Å²) in [6, 6.07) is 16.1. The van der Waals surface area contributed by atoms with Crippen molar-refractivity contribution in [2.75, 3.05) is 36.4 Å². The zero-order valence-corrected chi connectivity index (χ0v) is 14.7. The molecule has 0 aliphatic carbocycles. The molecule has 3 nitrogen and oxygen atoms in total. The standard InChI is InChI=1S/C18H20ClN3S/c1-14-7-8-15(19)13-17(14)21-9-11-22(12-10-21)18(23)20-16-5-3-2-4-6-16/h2-8,13H,9-12H2,1H3,(H,20,23). The summed E-state index contributed by atoms with van der Waals surface area (Å²) in [6.45, 7) is 5.82. The van der Waals surface area contributed by atoms with Gasteiger partial charge >= 0.3 is 0 Å². The quantitative estimate of drug-likeness (QED) is 0.823. The first-order valence-corrected chi connectivity index (χ1v) is 8.54. The van der Waals surface area contributed by atoms with E-state index in [2.05, 4.69) is 28.1 Å². The summed E-state index contributed by atoms with van der Waals surface area (Å²) in [5.74, 6) is 0. The number of halogens is 1. The number of hydrogen-bond donors (Lipinski definition) is 1. The van der Waals surface area contributed by atoms with Gasteiger partial charge in [0.25, 0.3) is 0 Å². The lowest BCUT2D eigenvalue weighted by atomic mass is 10.1. The molecule has 0 saturated carbocycles. The lowest BCUT2D eigenvalue weighted by molar-refractivity contribution is 0.390. The molecule has 0 bridgehead atoms. The van der Waals surface area contributed by atoms with Crippen LogP contribution in [0.5, 0.6) is 0 Å². The number of anilines is 2. The molecule has 0 radical (unpaired) electrons. The third-order valence-corrected chi connectivity index (χ3v) is 4.70. The van der Waals surface area contributed by atoms with Crippen LogP contribution in [0.25, 0.3) is 0 Å². The average molecular weight is 346 g/mol. The molecule has 1 aliphatic rings. The van der Waals surface area contributed by atoms with Crippen LogP contribution >= 0.6 is 23.8 Å². The van der Waals surface area contributed by atoms with E-state index in [9.17, 15) is 0 Å². The second-order valence-electron chi connectivity index (χ2n) is 5.70. The Morgan fingerprint density at radius 1 is 1.04 bits per heavy atom. The second kappa shape index (κ2) is 7.20. The lowest BCUT2D eigenvalue weighted by Gasteiger charge is -2.38. The van der Waals surface area contributed by atoms with Crippen LogP contribution in [0.1, 0.15) is 5.56 Å². The molecule has 2 aromatic rings. The molecule has 0 unspecified atom stereocenters. The summed E-state index contributed by atoms with van der Waals surface area (Å²) in [4.78, 5) is 4.60. The van der Waals surface area contributed by atoms with Gasteiger partial charge in [0, 0.05) is 42.6 Å². The highest BCUT2D eigenvalue weighted by atomic mass is 35.5. The summed E-state index contributed by atoms with van der Waals surface area (Å²) in [5.41, 5.74) is 3.51. The number of nitrogens with zero attached hydrogens (tertiary/aromatic N) is 2. The van der Waals surface area contributed by atoms with Crippen molar-refractivity contribution < 1.29 is 0 Å². The van der Waals surface area contributed by atoms with Crippen LogP contribution in [0, 0.1) is 6.92 Å². The third kappa shape index (κ3) is 3.95. The number of nitrogens with one attached hydrogen (secondary N) is 1. The van der Waals surface area contributed by atoms with Crippen LogP contribution in [-0.4, -0.2) is 36.2 Å². The Morgan fingerprint density at radius 3 is 2.43 bits per heavy atom. The van der Waals surface area contributed by atoms with Crippen molar-refractivity contribution in [3.8, 4) is 0 Å². The predicted octanol–water partition coefficient (Wildman–Crippen LogP) is 4.17. The highest BCUT2D eigenvalue weighted by Gasteiger charge is 2.20. The third-order valence-electron chi connectivity index (χ3n) is 4.10. The monoisotopic (exact) mass is 345 g/mol. The molecule has 3 rings (SSSR count). The van der Waals surface area contributed by atoms with E-state index in [1.54, 1.807) is 0 Å². The summed E-state index contributed by atoms with van der Waals surface area (Å²) in [6.07, 6.45) is 0. The van der Waals surface area contributed by atoms with Gasteiger partial charge in [-0.05, 0) is 49.0 Å². The summed E-state index contributed by atoms with van der Waals surface area (Å²) in [5, 5.41) is 4.88. The van der Waals surface area contributed by atoms with Gasteiger partial charge < -0.3 is 15.1 Å². The van der Waals surface area contributed by atoms with Crippen LogP contribution in [0.3, 0.4) is 0 Å². The number of hydrogen-bond acceptors (Lipinski definition) is 2. The van der Waals surface area contributed by atoms with Crippen molar-refractivity contribution in [1.82, 2.24) is 4.90 Å². The Labute approximate surface area is 147 Å². The van der Waals surface area contributed by atoms with Gasteiger partial charge in [0.1, 0.15) is 0 Å². The van der Waals surface area contributed by atoms with Crippen LogP contribution < -0.4 is 10.2 Å². The smallest absolute Gasteiger partial charge is 0.173 e. The lowest BCUT2D eigenvalue weighted by Crippen LogP contribution is -2.50. The van der Waals surface area contributed by atoms with E-state index < -0.39 is 0 Å². The Hall–Kier alpha value is -1.78. The van der Waals surface area contributed by atoms with Gasteiger partial charge in [0.05, 0.1) is 0 Å². The second-order valence-corrected chi connectivity index (χ2v) is 6.52.